The van der Waals surface area contributed by atoms with Crippen molar-refractivity contribution >= 4 is 40.1 Å². The molecule has 3 aromatic rings. The van der Waals surface area contributed by atoms with Crippen LogP contribution in [0.15, 0.2) is 54.6 Å². The fourth-order valence-corrected chi connectivity index (χ4v) is 5.36. The number of hydrogen-bond donors (Lipinski definition) is 1. The molecule has 0 aliphatic rings. The first-order chi connectivity index (χ1) is 12.9. The Balaban J connectivity index is 2.02. The van der Waals surface area contributed by atoms with E-state index >= 15 is 0 Å². The third-order valence-electron chi connectivity index (χ3n) is 3.43. The molecule has 0 saturated heterocycles. The van der Waals surface area contributed by atoms with Gasteiger partial charge in [-0.05, 0) is 52.0 Å². The van der Waals surface area contributed by atoms with Gasteiger partial charge in [0.1, 0.15) is 0 Å². The molecule has 1 N–H and O–H groups in total. The average Bonchev–Trinajstić information content (AvgIpc) is 3.01. The molecule has 3 rings (SSSR count). The van der Waals surface area contributed by atoms with Gasteiger partial charge < -0.3 is 0 Å². The van der Waals surface area contributed by atoms with Crippen molar-refractivity contribution in [2.45, 2.75) is 39.9 Å². The molecule has 0 aliphatic carbocycles. The van der Waals surface area contributed by atoms with Crippen molar-refractivity contribution in [3.8, 4) is 0 Å². The second kappa shape index (κ2) is 8.40. The van der Waals surface area contributed by atoms with E-state index in [2.05, 4.69) is 10.4 Å². The molecule has 0 atom stereocenters. The van der Waals surface area contributed by atoms with Crippen LogP contribution in [0.5, 0.6) is 0 Å². The van der Waals surface area contributed by atoms with Crippen LogP contribution in [-0.2, 0) is 13.6 Å². The van der Waals surface area contributed by atoms with Gasteiger partial charge in [-0.2, -0.15) is 4.78 Å². The Kier molecular flexibility index (Phi) is 6.17. The first-order valence-corrected chi connectivity index (χ1v) is 11.1. The summed E-state index contributed by atoms with van der Waals surface area (Å²) in [4.78, 5) is 4.58. The molecule has 1 aromatic heterocycles. The topological polar surface area (TPSA) is 63.7 Å². The maximum atomic E-state index is 13.8. The van der Waals surface area contributed by atoms with Gasteiger partial charge in [0.05, 0.1) is 28.1 Å². The van der Waals surface area contributed by atoms with Crippen LogP contribution in [-0.4, -0.2) is 17.2 Å². The highest BCUT2D eigenvalue weighted by molar-refractivity contribution is 7.55. The van der Waals surface area contributed by atoms with Gasteiger partial charge in [0.15, 0.2) is 0 Å². The Morgan fingerprint density at radius 3 is 2.15 bits per heavy atom. The number of anilines is 2. The predicted octanol–water partition coefficient (Wildman–Crippen LogP) is 6.09. The van der Waals surface area contributed by atoms with E-state index in [1.807, 2.05) is 82.3 Å². The number of benzene rings is 2. The minimum Gasteiger partial charge on any atom is -0.288 e. The fraction of sp³-hybridized carbons (Fsp3) is 0.316. The van der Waals surface area contributed by atoms with E-state index in [1.165, 1.54) is 16.1 Å². The van der Waals surface area contributed by atoms with E-state index in [1.54, 1.807) is 0 Å². The van der Waals surface area contributed by atoms with Crippen molar-refractivity contribution < 1.29 is 13.6 Å². The second-order valence-electron chi connectivity index (χ2n) is 6.52. The molecule has 0 fully saturated rings. The van der Waals surface area contributed by atoms with Crippen molar-refractivity contribution in [2.75, 3.05) is 10.2 Å². The van der Waals surface area contributed by atoms with Gasteiger partial charge in [-0.15, -0.1) is 0 Å². The van der Waals surface area contributed by atoms with Crippen LogP contribution in [0.4, 0.5) is 10.8 Å². The van der Waals surface area contributed by atoms with Crippen LogP contribution < -0.4 is 10.2 Å². The van der Waals surface area contributed by atoms with Crippen LogP contribution >= 0.6 is 19.1 Å². The normalized spacial score (nSPS) is 12.1. The van der Waals surface area contributed by atoms with Gasteiger partial charge in [0, 0.05) is 0 Å². The molecule has 0 saturated carbocycles. The Morgan fingerprint density at radius 1 is 0.963 bits per heavy atom. The van der Waals surface area contributed by atoms with Crippen LogP contribution in [0.2, 0.25) is 0 Å². The highest BCUT2D eigenvalue weighted by atomic mass is 32.1. The predicted molar refractivity (Wildman–Crippen MR) is 112 cm³/mol. The number of aromatic nitrogens is 1. The zero-order chi connectivity index (χ0) is 19.4. The van der Waals surface area contributed by atoms with E-state index in [0.29, 0.717) is 10.8 Å². The summed E-state index contributed by atoms with van der Waals surface area (Å²) in [6.45, 7) is 7.32. The number of hydrogen-bond acceptors (Lipinski definition) is 6. The molecule has 0 aliphatic heterocycles. The van der Waals surface area contributed by atoms with Gasteiger partial charge in [-0.1, -0.05) is 41.7 Å². The molecule has 6 nitrogen and oxygen atoms in total. The van der Waals surface area contributed by atoms with Crippen molar-refractivity contribution in [3.05, 3.63) is 54.6 Å². The fourth-order valence-electron chi connectivity index (χ4n) is 2.50. The number of hydrazine groups is 1. The summed E-state index contributed by atoms with van der Waals surface area (Å²) in [5.41, 5.74) is 4.71. The summed E-state index contributed by atoms with van der Waals surface area (Å²) in [6, 6.07) is 17.2. The molecular weight excluding hydrogens is 381 g/mol. The van der Waals surface area contributed by atoms with Crippen molar-refractivity contribution in [1.82, 2.24) is 4.98 Å². The number of fused-ring (bicyclic) bond motifs is 1. The molecule has 0 spiro atoms. The molecule has 1 heterocycles. The first-order valence-electron chi connectivity index (χ1n) is 8.82. The Morgan fingerprint density at radius 2 is 1.56 bits per heavy atom. The monoisotopic (exact) mass is 405 g/mol. The summed E-state index contributed by atoms with van der Waals surface area (Å²) in [6.07, 6.45) is -0.559. The summed E-state index contributed by atoms with van der Waals surface area (Å²) in [7, 11) is -3.68. The van der Waals surface area contributed by atoms with Crippen LogP contribution in [0, 0.1) is 0 Å². The number of nitrogens with one attached hydrogen (secondary N) is 1. The lowest BCUT2D eigenvalue weighted by atomic mass is 10.3. The average molecular weight is 405 g/mol. The molecule has 2 aromatic carbocycles. The maximum Gasteiger partial charge on any atom is 0.454 e. The SMILES string of the molecule is CC(C)OP(=O)(OC(C)C)N(Nc1nc2ccccc2s1)c1ccccc1. The van der Waals surface area contributed by atoms with Crippen molar-refractivity contribution in [1.29, 1.82) is 0 Å². The summed E-state index contributed by atoms with van der Waals surface area (Å²) in [5.74, 6) is 0. The van der Waals surface area contributed by atoms with Crippen LogP contribution in [0.3, 0.4) is 0 Å². The van der Waals surface area contributed by atoms with Gasteiger partial charge >= 0.3 is 7.75 Å². The van der Waals surface area contributed by atoms with Gasteiger partial charge in [-0.25, -0.2) is 9.55 Å². The Hall–Kier alpha value is -1.92. The molecule has 144 valence electrons. The molecule has 0 amide bonds. The third-order valence-corrected chi connectivity index (χ3v) is 6.57. The van der Waals surface area contributed by atoms with Gasteiger partial charge in [-0.3, -0.25) is 14.5 Å². The van der Waals surface area contributed by atoms with Crippen molar-refractivity contribution in [3.63, 3.8) is 0 Å². The highest BCUT2D eigenvalue weighted by Gasteiger charge is 2.37. The summed E-state index contributed by atoms with van der Waals surface area (Å²) >= 11 is 1.48. The minimum absolute atomic E-state index is 0.280. The quantitative estimate of drug-likeness (QED) is 0.361. The molecule has 8 heteroatoms. The van der Waals surface area contributed by atoms with E-state index < -0.39 is 7.75 Å². The van der Waals surface area contributed by atoms with E-state index in [-0.39, 0.29) is 12.2 Å². The molecule has 0 bridgehead atoms. The molecule has 27 heavy (non-hydrogen) atoms. The van der Waals surface area contributed by atoms with Crippen molar-refractivity contribution in [2.24, 2.45) is 0 Å². The zero-order valence-corrected chi connectivity index (χ0v) is 17.5. The lowest BCUT2D eigenvalue weighted by Gasteiger charge is -2.33. The number of para-hydroxylation sites is 2. The lowest BCUT2D eigenvalue weighted by Crippen LogP contribution is -2.31. The van der Waals surface area contributed by atoms with Gasteiger partial charge in [0.25, 0.3) is 0 Å². The van der Waals surface area contributed by atoms with Gasteiger partial charge in [0.2, 0.25) is 5.13 Å². The molecular formula is C19H24N3O3PS. The third kappa shape index (κ3) is 4.87. The number of thiazole rings is 1. The van der Waals surface area contributed by atoms with Crippen LogP contribution in [0.25, 0.3) is 10.2 Å². The van der Waals surface area contributed by atoms with E-state index in [0.717, 1.165) is 10.2 Å². The molecule has 0 radical (unpaired) electrons. The molecule has 0 unspecified atom stereocenters. The smallest absolute Gasteiger partial charge is 0.288 e. The van der Waals surface area contributed by atoms with E-state index in [9.17, 15) is 4.57 Å². The van der Waals surface area contributed by atoms with Crippen LogP contribution in [0.1, 0.15) is 27.7 Å². The Labute approximate surface area is 163 Å². The van der Waals surface area contributed by atoms with E-state index in [4.69, 9.17) is 9.05 Å². The first kappa shape index (κ1) is 19.8. The lowest BCUT2D eigenvalue weighted by molar-refractivity contribution is 0.141. The maximum absolute atomic E-state index is 13.8. The largest absolute Gasteiger partial charge is 0.454 e. The summed E-state index contributed by atoms with van der Waals surface area (Å²) in [5, 5.41) is 0.611. The number of nitrogens with zero attached hydrogens (tertiary/aromatic N) is 2. The standard InChI is InChI=1S/C19H24N3O3PS/c1-14(2)24-26(23,25-15(3)4)22(16-10-6-5-7-11-16)21-19-20-17-12-8-9-13-18(17)27-19/h5-15H,1-4H3,(H,20,21). The summed E-state index contributed by atoms with van der Waals surface area (Å²) < 4.78 is 27.8. The minimum atomic E-state index is -3.68. The number of rotatable bonds is 8. The second-order valence-corrected chi connectivity index (χ2v) is 9.31. The highest BCUT2D eigenvalue weighted by Crippen LogP contribution is 2.55. The Bertz CT molecular complexity index is 883. The zero-order valence-electron chi connectivity index (χ0n) is 15.8.